The standard InChI is InChI=1S/C17H20FN3O3/c1-3-16(23)20-15-9-13(6-7-14(15)18)19-17(24)12-5-4-8-21(10-12)11(2)22/h3,6-7,9,12H,1,4-5,8,10H2,2H3,(H,19,24)(H,20,23). The van der Waals surface area contributed by atoms with Crippen molar-refractivity contribution < 1.29 is 18.8 Å². The van der Waals surface area contributed by atoms with E-state index in [0.717, 1.165) is 18.6 Å². The van der Waals surface area contributed by atoms with E-state index < -0.39 is 11.7 Å². The van der Waals surface area contributed by atoms with Crippen LogP contribution in [0, 0.1) is 11.7 Å². The second-order valence-corrected chi connectivity index (χ2v) is 5.68. The molecule has 0 radical (unpaired) electrons. The van der Waals surface area contributed by atoms with Gasteiger partial charge in [0.2, 0.25) is 17.7 Å². The van der Waals surface area contributed by atoms with Crippen LogP contribution in [0.3, 0.4) is 0 Å². The lowest BCUT2D eigenvalue weighted by molar-refractivity contribution is -0.132. The zero-order chi connectivity index (χ0) is 17.7. The largest absolute Gasteiger partial charge is 0.342 e. The summed E-state index contributed by atoms with van der Waals surface area (Å²) in [4.78, 5) is 36.7. The summed E-state index contributed by atoms with van der Waals surface area (Å²) in [5.41, 5.74) is 0.340. The molecular weight excluding hydrogens is 313 g/mol. The lowest BCUT2D eigenvalue weighted by atomic mass is 9.97. The van der Waals surface area contributed by atoms with Crippen LogP contribution in [0.2, 0.25) is 0 Å². The number of piperidine rings is 1. The van der Waals surface area contributed by atoms with Gasteiger partial charge in [0.05, 0.1) is 11.6 Å². The first-order chi connectivity index (χ1) is 11.4. The Morgan fingerprint density at radius 1 is 1.33 bits per heavy atom. The van der Waals surface area contributed by atoms with Gasteiger partial charge in [-0.2, -0.15) is 0 Å². The minimum absolute atomic E-state index is 0.0355. The smallest absolute Gasteiger partial charge is 0.247 e. The summed E-state index contributed by atoms with van der Waals surface area (Å²) in [5, 5.41) is 5.05. The van der Waals surface area contributed by atoms with Gasteiger partial charge in [-0.3, -0.25) is 14.4 Å². The molecular formula is C17H20FN3O3. The molecule has 0 aromatic heterocycles. The predicted molar refractivity (Wildman–Crippen MR) is 88.8 cm³/mol. The van der Waals surface area contributed by atoms with Gasteiger partial charge in [0.15, 0.2) is 0 Å². The van der Waals surface area contributed by atoms with E-state index in [1.165, 1.54) is 19.1 Å². The predicted octanol–water partition coefficient (Wildman–Crippen LogP) is 2.15. The van der Waals surface area contributed by atoms with Gasteiger partial charge in [-0.1, -0.05) is 6.58 Å². The first-order valence-corrected chi connectivity index (χ1v) is 7.70. The zero-order valence-electron chi connectivity index (χ0n) is 13.5. The van der Waals surface area contributed by atoms with Gasteiger partial charge in [-0.15, -0.1) is 0 Å². The van der Waals surface area contributed by atoms with Gasteiger partial charge in [0.1, 0.15) is 5.82 Å². The van der Waals surface area contributed by atoms with E-state index in [2.05, 4.69) is 17.2 Å². The Morgan fingerprint density at radius 3 is 2.75 bits per heavy atom. The molecule has 1 heterocycles. The lowest BCUT2D eigenvalue weighted by Crippen LogP contribution is -2.42. The highest BCUT2D eigenvalue weighted by atomic mass is 19.1. The number of halogens is 1. The monoisotopic (exact) mass is 333 g/mol. The number of hydrogen-bond acceptors (Lipinski definition) is 3. The summed E-state index contributed by atoms with van der Waals surface area (Å²) in [5.74, 6) is -1.73. The second kappa shape index (κ2) is 7.72. The molecule has 1 aliphatic rings. The van der Waals surface area contributed by atoms with Gasteiger partial charge in [-0.05, 0) is 37.1 Å². The maximum atomic E-state index is 13.7. The van der Waals surface area contributed by atoms with Crippen LogP contribution in [0.5, 0.6) is 0 Å². The van der Waals surface area contributed by atoms with Crippen LogP contribution in [0.25, 0.3) is 0 Å². The fourth-order valence-electron chi connectivity index (χ4n) is 2.60. The van der Waals surface area contributed by atoms with Gasteiger partial charge in [-0.25, -0.2) is 4.39 Å². The van der Waals surface area contributed by atoms with Crippen LogP contribution < -0.4 is 10.6 Å². The number of likely N-dealkylation sites (tertiary alicyclic amines) is 1. The topological polar surface area (TPSA) is 78.5 Å². The average Bonchev–Trinajstić information content (AvgIpc) is 2.57. The van der Waals surface area contributed by atoms with Gasteiger partial charge in [0, 0.05) is 25.7 Å². The highest BCUT2D eigenvalue weighted by Crippen LogP contribution is 2.22. The summed E-state index contributed by atoms with van der Waals surface area (Å²) in [6, 6.07) is 3.93. The molecule has 3 amide bonds. The molecule has 24 heavy (non-hydrogen) atoms. The van der Waals surface area contributed by atoms with E-state index in [9.17, 15) is 18.8 Å². The van der Waals surface area contributed by atoms with Crippen LogP contribution in [-0.2, 0) is 14.4 Å². The summed E-state index contributed by atoms with van der Waals surface area (Å²) >= 11 is 0. The first kappa shape index (κ1) is 17.7. The molecule has 0 spiro atoms. The van der Waals surface area contributed by atoms with Gasteiger partial charge < -0.3 is 15.5 Å². The normalized spacial score (nSPS) is 17.1. The van der Waals surface area contributed by atoms with E-state index in [0.29, 0.717) is 25.2 Å². The van der Waals surface area contributed by atoms with Crippen LogP contribution in [-0.4, -0.2) is 35.7 Å². The lowest BCUT2D eigenvalue weighted by Gasteiger charge is -2.31. The minimum atomic E-state index is -0.608. The van der Waals surface area contributed by atoms with Gasteiger partial charge in [0.25, 0.3) is 0 Å². The van der Waals surface area contributed by atoms with Crippen molar-refractivity contribution in [3.63, 3.8) is 0 Å². The molecule has 0 aliphatic carbocycles. The maximum Gasteiger partial charge on any atom is 0.247 e. The Labute approximate surface area is 139 Å². The quantitative estimate of drug-likeness (QED) is 0.829. The van der Waals surface area contributed by atoms with E-state index in [-0.39, 0.29) is 23.4 Å². The molecule has 128 valence electrons. The molecule has 1 aromatic rings. The van der Waals surface area contributed by atoms with Crippen LogP contribution in [0.4, 0.5) is 15.8 Å². The number of benzene rings is 1. The molecule has 1 unspecified atom stereocenters. The number of carbonyl (C=O) groups is 3. The number of nitrogens with one attached hydrogen (secondary N) is 2. The fraction of sp³-hybridized carbons (Fsp3) is 0.353. The van der Waals surface area contributed by atoms with Crippen molar-refractivity contribution in [2.24, 2.45) is 5.92 Å². The van der Waals surface area contributed by atoms with Crippen molar-refractivity contribution in [2.45, 2.75) is 19.8 Å². The zero-order valence-corrected chi connectivity index (χ0v) is 13.5. The van der Waals surface area contributed by atoms with E-state index in [1.807, 2.05) is 0 Å². The summed E-state index contributed by atoms with van der Waals surface area (Å²) < 4.78 is 13.7. The molecule has 1 atom stereocenters. The van der Waals surface area contributed by atoms with E-state index in [4.69, 9.17) is 0 Å². The Bertz CT molecular complexity index is 675. The van der Waals surface area contributed by atoms with E-state index >= 15 is 0 Å². The number of hydrogen-bond donors (Lipinski definition) is 2. The van der Waals surface area contributed by atoms with Gasteiger partial charge >= 0.3 is 0 Å². The number of anilines is 2. The van der Waals surface area contributed by atoms with Crippen LogP contribution in [0.15, 0.2) is 30.9 Å². The van der Waals surface area contributed by atoms with Crippen LogP contribution in [0.1, 0.15) is 19.8 Å². The molecule has 1 aliphatic heterocycles. The summed E-state index contributed by atoms with van der Waals surface area (Å²) in [6.07, 6.45) is 2.49. The van der Waals surface area contributed by atoms with Crippen molar-refractivity contribution >= 4 is 29.1 Å². The third-order valence-corrected chi connectivity index (χ3v) is 3.91. The maximum absolute atomic E-state index is 13.7. The molecule has 1 aromatic carbocycles. The summed E-state index contributed by atoms with van der Waals surface area (Å²) in [6.45, 7) is 5.82. The fourth-order valence-corrected chi connectivity index (χ4v) is 2.60. The molecule has 1 saturated heterocycles. The third-order valence-electron chi connectivity index (χ3n) is 3.91. The van der Waals surface area contributed by atoms with Crippen molar-refractivity contribution in [2.75, 3.05) is 23.7 Å². The molecule has 2 N–H and O–H groups in total. The Balaban J connectivity index is 2.06. The molecule has 1 fully saturated rings. The average molecular weight is 333 g/mol. The third kappa shape index (κ3) is 4.41. The number of nitrogens with zero attached hydrogens (tertiary/aromatic N) is 1. The number of carbonyl (C=O) groups excluding carboxylic acids is 3. The Kier molecular flexibility index (Phi) is 5.68. The van der Waals surface area contributed by atoms with Crippen molar-refractivity contribution in [1.29, 1.82) is 0 Å². The van der Waals surface area contributed by atoms with Crippen molar-refractivity contribution in [1.82, 2.24) is 4.90 Å². The van der Waals surface area contributed by atoms with Crippen molar-refractivity contribution in [3.05, 3.63) is 36.7 Å². The first-order valence-electron chi connectivity index (χ1n) is 7.70. The van der Waals surface area contributed by atoms with E-state index in [1.54, 1.807) is 4.90 Å². The SMILES string of the molecule is C=CC(=O)Nc1cc(NC(=O)C2CCCN(C(C)=O)C2)ccc1F. The minimum Gasteiger partial charge on any atom is -0.342 e. The number of amides is 3. The van der Waals surface area contributed by atoms with Crippen molar-refractivity contribution in [3.8, 4) is 0 Å². The second-order valence-electron chi connectivity index (χ2n) is 5.68. The molecule has 2 rings (SSSR count). The Hall–Kier alpha value is -2.70. The van der Waals surface area contributed by atoms with Crippen LogP contribution >= 0.6 is 0 Å². The molecule has 6 nitrogen and oxygen atoms in total. The molecule has 0 bridgehead atoms. The number of rotatable bonds is 4. The summed E-state index contributed by atoms with van der Waals surface area (Å²) in [7, 11) is 0. The highest BCUT2D eigenvalue weighted by Gasteiger charge is 2.27. The molecule has 7 heteroatoms. The highest BCUT2D eigenvalue weighted by molar-refractivity contribution is 6.00. The Morgan fingerprint density at radius 2 is 2.08 bits per heavy atom. The molecule has 0 saturated carbocycles.